The number of fused-ring (bicyclic) bond motifs is 7. The van der Waals surface area contributed by atoms with Crippen LogP contribution in [-0.2, 0) is 5.41 Å². The van der Waals surface area contributed by atoms with Crippen LogP contribution in [0.4, 0.5) is 11.4 Å². The van der Waals surface area contributed by atoms with Crippen molar-refractivity contribution in [2.45, 2.75) is 30.7 Å². The molecule has 2 atom stereocenters. The molecule has 1 aromatic heterocycles. The first-order chi connectivity index (χ1) is 30.3. The van der Waals surface area contributed by atoms with Crippen molar-refractivity contribution in [1.82, 2.24) is 4.57 Å². The van der Waals surface area contributed by atoms with Crippen LogP contribution < -0.4 is 4.90 Å². The minimum absolute atomic E-state index is 0.106. The summed E-state index contributed by atoms with van der Waals surface area (Å²) in [4.78, 5) is 2.55. The van der Waals surface area contributed by atoms with Crippen molar-refractivity contribution in [2.75, 3.05) is 4.90 Å². The van der Waals surface area contributed by atoms with E-state index in [2.05, 4.69) is 234 Å². The topological polar surface area (TPSA) is 8.17 Å². The maximum Gasteiger partial charge on any atom is 0.0710 e. The number of benzene rings is 8. The van der Waals surface area contributed by atoms with Gasteiger partial charge in [0.2, 0.25) is 0 Å². The molecule has 0 saturated heterocycles. The molecule has 2 heteroatoms. The second-order valence-electron chi connectivity index (χ2n) is 16.6. The number of hydrogen-bond acceptors (Lipinski definition) is 1. The Kier molecular flexibility index (Phi) is 8.38. The number of hydrogen-bond donors (Lipinski definition) is 0. The molecule has 2 unspecified atom stereocenters. The lowest BCUT2D eigenvalue weighted by atomic mass is 9.66. The highest BCUT2D eigenvalue weighted by Gasteiger charge is 2.47. The van der Waals surface area contributed by atoms with E-state index >= 15 is 0 Å². The van der Waals surface area contributed by atoms with E-state index in [9.17, 15) is 0 Å². The van der Waals surface area contributed by atoms with Gasteiger partial charge in [0.05, 0.1) is 22.5 Å². The lowest BCUT2D eigenvalue weighted by Gasteiger charge is -2.36. The van der Waals surface area contributed by atoms with Gasteiger partial charge in [0, 0.05) is 27.8 Å². The molecule has 0 bridgehead atoms. The van der Waals surface area contributed by atoms with Crippen LogP contribution in [0.2, 0.25) is 0 Å². The lowest BCUT2D eigenvalue weighted by Crippen LogP contribution is -2.30. The average molecular weight is 781 g/mol. The molecule has 0 fully saturated rings. The summed E-state index contributed by atoms with van der Waals surface area (Å²) in [5, 5.41) is 5.00. The molecule has 0 spiro atoms. The molecule has 9 aromatic rings. The van der Waals surface area contributed by atoms with Gasteiger partial charge < -0.3 is 9.47 Å². The fraction of sp³-hybridized carbons (Fsp3) is 0.0847. The van der Waals surface area contributed by atoms with Crippen LogP contribution in [0, 0.1) is 0 Å². The lowest BCUT2D eigenvalue weighted by molar-refractivity contribution is 0.751. The van der Waals surface area contributed by atoms with Gasteiger partial charge in [0.15, 0.2) is 0 Å². The smallest absolute Gasteiger partial charge is 0.0710 e. The zero-order chi connectivity index (χ0) is 40.3. The van der Waals surface area contributed by atoms with Crippen molar-refractivity contribution >= 4 is 49.5 Å². The molecular formula is C59H44N2. The van der Waals surface area contributed by atoms with Crippen molar-refractivity contribution in [3.05, 3.63) is 252 Å². The van der Waals surface area contributed by atoms with Crippen LogP contribution >= 0.6 is 0 Å². The van der Waals surface area contributed by atoms with Crippen LogP contribution in [0.25, 0.3) is 55.0 Å². The summed E-state index contributed by atoms with van der Waals surface area (Å²) < 4.78 is 2.40. The quantitative estimate of drug-likeness (QED) is 0.156. The van der Waals surface area contributed by atoms with E-state index in [0.717, 1.165) is 19.3 Å². The van der Waals surface area contributed by atoms with Crippen LogP contribution in [0.1, 0.15) is 41.5 Å². The second-order valence-corrected chi connectivity index (χ2v) is 16.6. The summed E-state index contributed by atoms with van der Waals surface area (Å²) in [6, 6.07) is 69.7. The highest BCUT2D eigenvalue weighted by Crippen LogP contribution is 2.58. The number of anilines is 2. The molecule has 2 nitrogen and oxygen atoms in total. The van der Waals surface area contributed by atoms with Gasteiger partial charge in [-0.1, -0.05) is 176 Å². The first-order valence-electron chi connectivity index (χ1n) is 21.7. The Hall–Kier alpha value is -7.42. The first-order valence-corrected chi connectivity index (χ1v) is 21.7. The van der Waals surface area contributed by atoms with Crippen LogP contribution in [-0.4, -0.2) is 10.6 Å². The summed E-state index contributed by atoms with van der Waals surface area (Å²) >= 11 is 0. The molecular weight excluding hydrogens is 737 g/mol. The Bertz CT molecular complexity index is 3290. The predicted molar refractivity (Wildman–Crippen MR) is 257 cm³/mol. The van der Waals surface area contributed by atoms with Gasteiger partial charge in [-0.15, -0.1) is 0 Å². The third kappa shape index (κ3) is 5.56. The fourth-order valence-electron chi connectivity index (χ4n) is 10.8. The Morgan fingerprint density at radius 2 is 1.21 bits per heavy atom. The zero-order valence-electron chi connectivity index (χ0n) is 34.0. The minimum Gasteiger partial charge on any atom is -0.334 e. The Morgan fingerprint density at radius 1 is 0.508 bits per heavy atom. The third-order valence-electron chi connectivity index (χ3n) is 13.4. The molecule has 8 aromatic carbocycles. The summed E-state index contributed by atoms with van der Waals surface area (Å²) in [5.74, 6) is 0. The molecule has 0 amide bonds. The van der Waals surface area contributed by atoms with Gasteiger partial charge >= 0.3 is 0 Å². The summed E-state index contributed by atoms with van der Waals surface area (Å²) in [6.45, 7) is 0. The number of para-hydroxylation sites is 2. The highest BCUT2D eigenvalue weighted by molar-refractivity contribution is 6.10. The molecule has 0 radical (unpaired) electrons. The van der Waals surface area contributed by atoms with Gasteiger partial charge in [-0.05, 0) is 123 Å². The van der Waals surface area contributed by atoms with Gasteiger partial charge in [-0.2, -0.15) is 0 Å². The van der Waals surface area contributed by atoms with Crippen molar-refractivity contribution in [3.63, 3.8) is 0 Å². The molecule has 3 aliphatic rings. The van der Waals surface area contributed by atoms with E-state index in [1.165, 1.54) is 94.2 Å². The molecule has 0 aliphatic heterocycles. The van der Waals surface area contributed by atoms with E-state index in [0.29, 0.717) is 0 Å². The van der Waals surface area contributed by atoms with Crippen LogP contribution in [0.15, 0.2) is 230 Å². The zero-order valence-corrected chi connectivity index (χ0v) is 34.0. The first kappa shape index (κ1) is 35.5. The maximum atomic E-state index is 2.55. The number of allylic oxidation sites excluding steroid dienone is 6. The number of aromatic nitrogens is 1. The standard InChI is InChI=1S/C59H44N2/c1-4-19-44(20-5-1)59(45-21-6-2-7-22-45)54-28-14-12-26-52(54)58-50(27-16-29-55(58)59)42-32-34-47(35-33-42)60(48-36-31-41-17-10-11-18-43(41)39-48)49-37-38-57-53(40-49)51-25-13-15-30-56(51)61(57)46-23-8-3-9-24-46/h1,3-6,8-34,36-40,47H,2,7,35H2. The van der Waals surface area contributed by atoms with Crippen molar-refractivity contribution in [1.29, 1.82) is 0 Å². The molecule has 3 aliphatic carbocycles. The normalized spacial score (nSPS) is 17.9. The summed E-state index contributed by atoms with van der Waals surface area (Å²) in [7, 11) is 0. The van der Waals surface area contributed by atoms with Crippen molar-refractivity contribution < 1.29 is 0 Å². The van der Waals surface area contributed by atoms with Gasteiger partial charge in [0.1, 0.15) is 0 Å². The Morgan fingerprint density at radius 3 is 2.05 bits per heavy atom. The maximum absolute atomic E-state index is 2.55. The van der Waals surface area contributed by atoms with Gasteiger partial charge in [-0.3, -0.25) is 0 Å². The van der Waals surface area contributed by atoms with Crippen molar-refractivity contribution in [2.24, 2.45) is 0 Å². The van der Waals surface area contributed by atoms with Crippen LogP contribution in [0.3, 0.4) is 0 Å². The van der Waals surface area contributed by atoms with E-state index in [-0.39, 0.29) is 11.5 Å². The number of nitrogens with zero attached hydrogens (tertiary/aromatic N) is 2. The van der Waals surface area contributed by atoms with E-state index in [1.807, 2.05) is 0 Å². The molecule has 290 valence electrons. The number of rotatable bonds is 7. The monoisotopic (exact) mass is 780 g/mol. The molecule has 61 heavy (non-hydrogen) atoms. The average Bonchev–Trinajstić information content (AvgIpc) is 3.83. The van der Waals surface area contributed by atoms with Gasteiger partial charge in [0.25, 0.3) is 0 Å². The molecule has 1 heterocycles. The third-order valence-corrected chi connectivity index (χ3v) is 13.4. The predicted octanol–water partition coefficient (Wildman–Crippen LogP) is 15.1. The summed E-state index contributed by atoms with van der Waals surface area (Å²) in [5.41, 5.74) is 16.3. The van der Waals surface area contributed by atoms with E-state index in [4.69, 9.17) is 0 Å². The summed E-state index contributed by atoms with van der Waals surface area (Å²) in [6.07, 6.45) is 17.6. The largest absolute Gasteiger partial charge is 0.334 e. The SMILES string of the molecule is C1=CC(C2(c3ccccc3)c3ccccc3-c3c(C4=CCC(N(c5ccc6ccccc6c5)c5ccc6c(c5)c5ccccc5n6-c5ccccc5)C=C4)cccc32)=CCC1. The second kappa shape index (κ2) is 14.4. The molecule has 0 saturated carbocycles. The van der Waals surface area contributed by atoms with E-state index in [1.54, 1.807) is 0 Å². The fourth-order valence-corrected chi connectivity index (χ4v) is 10.8. The minimum atomic E-state index is -0.378. The Labute approximate surface area is 357 Å². The molecule has 0 N–H and O–H groups in total. The van der Waals surface area contributed by atoms with E-state index < -0.39 is 0 Å². The Balaban J connectivity index is 0.990. The highest BCUT2D eigenvalue weighted by atomic mass is 15.2. The van der Waals surface area contributed by atoms with Crippen molar-refractivity contribution in [3.8, 4) is 16.8 Å². The van der Waals surface area contributed by atoms with Gasteiger partial charge in [-0.25, -0.2) is 0 Å². The molecule has 12 rings (SSSR count). The van der Waals surface area contributed by atoms with Crippen LogP contribution in [0.5, 0.6) is 0 Å².